The fourth-order valence-corrected chi connectivity index (χ4v) is 9.39. The van der Waals surface area contributed by atoms with Crippen LogP contribution in [0.5, 0.6) is 0 Å². The van der Waals surface area contributed by atoms with E-state index in [4.69, 9.17) is 14.2 Å². The predicted molar refractivity (Wildman–Crippen MR) is 293 cm³/mol. The molecular formula is C62H118O6. The van der Waals surface area contributed by atoms with E-state index in [0.717, 1.165) is 70.6 Å². The van der Waals surface area contributed by atoms with E-state index in [1.807, 2.05) is 0 Å². The maximum atomic E-state index is 12.7. The van der Waals surface area contributed by atoms with Crippen LogP contribution in [0.25, 0.3) is 0 Å². The summed E-state index contributed by atoms with van der Waals surface area (Å²) in [7, 11) is 0. The molecule has 0 fully saturated rings. The molecule has 0 aliphatic heterocycles. The molecule has 0 aliphatic rings. The zero-order valence-electron chi connectivity index (χ0n) is 46.2. The number of rotatable bonds is 57. The van der Waals surface area contributed by atoms with Crippen LogP contribution in [-0.4, -0.2) is 37.2 Å². The van der Waals surface area contributed by atoms with E-state index in [-0.39, 0.29) is 31.1 Å². The largest absolute Gasteiger partial charge is 0.462 e. The highest BCUT2D eigenvalue weighted by molar-refractivity contribution is 5.71. The van der Waals surface area contributed by atoms with Crippen LogP contribution < -0.4 is 0 Å². The molecule has 1 atom stereocenters. The zero-order valence-corrected chi connectivity index (χ0v) is 46.2. The smallest absolute Gasteiger partial charge is 0.306 e. The number of unbranched alkanes of at least 4 members (excludes halogenated alkanes) is 44. The molecular weight excluding hydrogens is 841 g/mol. The summed E-state index contributed by atoms with van der Waals surface area (Å²) in [6.45, 7) is 6.57. The summed E-state index contributed by atoms with van der Waals surface area (Å²) in [6, 6.07) is 0. The van der Waals surface area contributed by atoms with Gasteiger partial charge < -0.3 is 14.2 Å². The van der Waals surface area contributed by atoms with Gasteiger partial charge in [-0.05, 0) is 38.5 Å². The molecule has 0 aromatic carbocycles. The molecule has 0 aromatic heterocycles. The summed E-state index contributed by atoms with van der Waals surface area (Å²) in [5, 5.41) is 0. The summed E-state index contributed by atoms with van der Waals surface area (Å²) in [4.78, 5) is 37.8. The van der Waals surface area contributed by atoms with Crippen LogP contribution in [0.3, 0.4) is 0 Å². The lowest BCUT2D eigenvalue weighted by Crippen LogP contribution is -2.30. The number of carbonyl (C=O) groups excluding carboxylic acids is 3. The van der Waals surface area contributed by atoms with Crippen molar-refractivity contribution in [1.29, 1.82) is 0 Å². The van der Waals surface area contributed by atoms with Crippen molar-refractivity contribution in [2.45, 2.75) is 354 Å². The topological polar surface area (TPSA) is 78.9 Å². The van der Waals surface area contributed by atoms with E-state index in [2.05, 4.69) is 32.9 Å². The van der Waals surface area contributed by atoms with Gasteiger partial charge in [-0.1, -0.05) is 303 Å². The molecule has 0 saturated carbocycles. The van der Waals surface area contributed by atoms with E-state index in [1.165, 1.54) is 238 Å². The van der Waals surface area contributed by atoms with Crippen LogP contribution in [0, 0.1) is 0 Å². The number of hydrogen-bond donors (Lipinski definition) is 0. The van der Waals surface area contributed by atoms with E-state index >= 15 is 0 Å². The van der Waals surface area contributed by atoms with Crippen LogP contribution in [0.2, 0.25) is 0 Å². The maximum Gasteiger partial charge on any atom is 0.306 e. The highest BCUT2D eigenvalue weighted by atomic mass is 16.6. The van der Waals surface area contributed by atoms with Crippen molar-refractivity contribution >= 4 is 17.9 Å². The molecule has 0 radical (unpaired) electrons. The van der Waals surface area contributed by atoms with Crippen LogP contribution in [0.15, 0.2) is 12.2 Å². The van der Waals surface area contributed by atoms with E-state index in [0.29, 0.717) is 19.3 Å². The lowest BCUT2D eigenvalue weighted by atomic mass is 10.0. The van der Waals surface area contributed by atoms with E-state index in [1.54, 1.807) is 0 Å². The summed E-state index contributed by atoms with van der Waals surface area (Å²) in [5.41, 5.74) is 0. The molecule has 68 heavy (non-hydrogen) atoms. The molecule has 0 bridgehead atoms. The van der Waals surface area contributed by atoms with Crippen molar-refractivity contribution in [3.63, 3.8) is 0 Å². The zero-order chi connectivity index (χ0) is 49.3. The SMILES string of the molecule is CCC/C=C\CCCCCCCC(=O)OC(COC(=O)CCCCCCCCC)COC(=O)CCCCCCCCCCCCCCCCCCCCCCCCCCCCCCCCCCC. The van der Waals surface area contributed by atoms with Gasteiger partial charge in [-0.25, -0.2) is 0 Å². The minimum Gasteiger partial charge on any atom is -0.462 e. The standard InChI is InChI=1S/C62H118O6/c1-4-7-10-13-16-18-20-21-22-23-24-25-26-27-28-29-30-31-32-33-34-35-36-37-38-39-40-41-42-44-46-49-52-55-61(64)67-58-59(57-66-60(63)54-51-48-45-15-12-9-6-3)68-62(65)56-53-50-47-43-19-17-14-11-8-5-2/h11,14,59H,4-10,12-13,15-58H2,1-3H3/b14-11-. The Kier molecular flexibility index (Phi) is 56.2. The van der Waals surface area contributed by atoms with Gasteiger partial charge in [0.1, 0.15) is 13.2 Å². The van der Waals surface area contributed by atoms with Crippen molar-refractivity contribution in [2.24, 2.45) is 0 Å². The summed E-state index contributed by atoms with van der Waals surface area (Å²) in [6.07, 6.45) is 67.1. The fourth-order valence-electron chi connectivity index (χ4n) is 9.39. The first-order chi connectivity index (χ1) is 33.5. The molecule has 0 saturated heterocycles. The van der Waals surface area contributed by atoms with Gasteiger partial charge in [0.2, 0.25) is 0 Å². The van der Waals surface area contributed by atoms with Crippen molar-refractivity contribution in [3.05, 3.63) is 12.2 Å². The van der Waals surface area contributed by atoms with Crippen molar-refractivity contribution in [3.8, 4) is 0 Å². The molecule has 6 heteroatoms. The van der Waals surface area contributed by atoms with Gasteiger partial charge in [0.25, 0.3) is 0 Å². The molecule has 0 N–H and O–H groups in total. The number of esters is 3. The molecule has 0 heterocycles. The molecule has 6 nitrogen and oxygen atoms in total. The van der Waals surface area contributed by atoms with Crippen LogP contribution in [0.4, 0.5) is 0 Å². The first-order valence-electron chi connectivity index (χ1n) is 30.7. The molecule has 0 amide bonds. The third kappa shape index (κ3) is 55.1. The Morgan fingerprint density at radius 3 is 0.794 bits per heavy atom. The Hall–Kier alpha value is -1.85. The van der Waals surface area contributed by atoms with Gasteiger partial charge in [0.15, 0.2) is 6.10 Å². The van der Waals surface area contributed by atoms with Gasteiger partial charge >= 0.3 is 17.9 Å². The molecule has 0 aliphatic carbocycles. The second-order valence-corrected chi connectivity index (χ2v) is 21.0. The van der Waals surface area contributed by atoms with Gasteiger partial charge in [0.05, 0.1) is 0 Å². The summed E-state index contributed by atoms with van der Waals surface area (Å²) in [5.74, 6) is -0.870. The quantitative estimate of drug-likeness (QED) is 0.0262. The second kappa shape index (κ2) is 57.7. The van der Waals surface area contributed by atoms with Crippen molar-refractivity contribution in [1.82, 2.24) is 0 Å². The Balaban J connectivity index is 3.83. The normalized spacial score (nSPS) is 12.0. The number of carbonyl (C=O) groups is 3. The third-order valence-electron chi connectivity index (χ3n) is 14.0. The molecule has 0 aromatic rings. The Bertz CT molecular complexity index is 1060. The van der Waals surface area contributed by atoms with Gasteiger partial charge in [-0.15, -0.1) is 0 Å². The predicted octanol–water partition coefficient (Wildman–Crippen LogP) is 20.5. The number of allylic oxidation sites excluding steroid dienone is 2. The molecule has 402 valence electrons. The third-order valence-corrected chi connectivity index (χ3v) is 14.0. The van der Waals surface area contributed by atoms with Crippen LogP contribution in [-0.2, 0) is 28.6 Å². The number of hydrogen-bond acceptors (Lipinski definition) is 6. The van der Waals surface area contributed by atoms with Gasteiger partial charge in [-0.3, -0.25) is 14.4 Å². The summed E-state index contributed by atoms with van der Waals surface area (Å²) >= 11 is 0. The first kappa shape index (κ1) is 66.2. The molecule has 0 rings (SSSR count). The Labute approximate surface area is 424 Å². The average Bonchev–Trinajstić information content (AvgIpc) is 3.34. The maximum absolute atomic E-state index is 12.7. The highest BCUT2D eigenvalue weighted by Gasteiger charge is 2.19. The monoisotopic (exact) mass is 959 g/mol. The molecule has 1 unspecified atom stereocenters. The Morgan fingerprint density at radius 1 is 0.279 bits per heavy atom. The van der Waals surface area contributed by atoms with Crippen LogP contribution in [0.1, 0.15) is 348 Å². The van der Waals surface area contributed by atoms with Gasteiger partial charge in [0, 0.05) is 19.3 Å². The highest BCUT2D eigenvalue weighted by Crippen LogP contribution is 2.18. The fraction of sp³-hybridized carbons (Fsp3) is 0.919. The van der Waals surface area contributed by atoms with Crippen molar-refractivity contribution in [2.75, 3.05) is 13.2 Å². The minimum atomic E-state index is -0.766. The number of ether oxygens (including phenoxy) is 3. The van der Waals surface area contributed by atoms with Crippen LogP contribution >= 0.6 is 0 Å². The Morgan fingerprint density at radius 2 is 0.515 bits per heavy atom. The van der Waals surface area contributed by atoms with E-state index < -0.39 is 6.10 Å². The second-order valence-electron chi connectivity index (χ2n) is 21.0. The first-order valence-corrected chi connectivity index (χ1v) is 30.7. The minimum absolute atomic E-state index is 0.0690. The lowest BCUT2D eigenvalue weighted by molar-refractivity contribution is -0.167. The molecule has 0 spiro atoms. The lowest BCUT2D eigenvalue weighted by Gasteiger charge is -2.18. The van der Waals surface area contributed by atoms with Crippen molar-refractivity contribution < 1.29 is 28.6 Å². The van der Waals surface area contributed by atoms with Gasteiger partial charge in [-0.2, -0.15) is 0 Å². The summed E-state index contributed by atoms with van der Waals surface area (Å²) < 4.78 is 16.7. The van der Waals surface area contributed by atoms with E-state index in [9.17, 15) is 14.4 Å². The average molecular weight is 960 g/mol.